The number of ether oxygens (including phenoxy) is 1. The molecule has 1 heterocycles. The molecule has 68 valence electrons. The van der Waals surface area contributed by atoms with Gasteiger partial charge in [-0.2, -0.15) is 0 Å². The van der Waals surface area contributed by atoms with Crippen LogP contribution in [-0.2, 0) is 0 Å². The normalized spacial score (nSPS) is 15.8. The molecule has 2 rings (SSSR count). The van der Waals surface area contributed by atoms with Crippen molar-refractivity contribution in [1.29, 1.82) is 0 Å². The van der Waals surface area contributed by atoms with Gasteiger partial charge in [0.25, 0.3) is 0 Å². The zero-order valence-electron chi connectivity index (χ0n) is 7.25. The van der Waals surface area contributed by atoms with Crippen LogP contribution in [0.5, 0.6) is 5.75 Å². The number of anilines is 1. The molecule has 0 saturated carbocycles. The molecule has 13 heavy (non-hydrogen) atoms. The first-order chi connectivity index (χ1) is 6.27. The van der Waals surface area contributed by atoms with Gasteiger partial charge in [0.1, 0.15) is 5.75 Å². The largest absolute Gasteiger partial charge is 0.493 e. The summed E-state index contributed by atoms with van der Waals surface area (Å²) in [4.78, 5) is 11.5. The summed E-state index contributed by atoms with van der Waals surface area (Å²) in [6.45, 7) is 0.614. The van der Waals surface area contributed by atoms with E-state index in [2.05, 4.69) is 0 Å². The second kappa shape index (κ2) is 3.09. The third-order valence-electron chi connectivity index (χ3n) is 2.11. The maximum atomic E-state index is 11.5. The summed E-state index contributed by atoms with van der Waals surface area (Å²) in [6, 6.07) is 5.19. The van der Waals surface area contributed by atoms with Crippen LogP contribution in [0.1, 0.15) is 23.2 Å². The van der Waals surface area contributed by atoms with E-state index in [1.54, 1.807) is 18.2 Å². The highest BCUT2D eigenvalue weighted by atomic mass is 16.5. The second-order valence-corrected chi connectivity index (χ2v) is 3.13. The van der Waals surface area contributed by atoms with E-state index in [4.69, 9.17) is 10.5 Å². The monoisotopic (exact) mass is 177 g/mol. The standard InChI is InChI=1S/C10H11NO2/c11-7-3-4-10-8(6-7)9(12)2-1-5-13-10/h3-4,6H,1-2,5,11H2. The summed E-state index contributed by atoms with van der Waals surface area (Å²) in [7, 11) is 0. The van der Waals surface area contributed by atoms with E-state index in [1.165, 1.54) is 0 Å². The Morgan fingerprint density at radius 1 is 1.38 bits per heavy atom. The lowest BCUT2D eigenvalue weighted by Gasteiger charge is -2.05. The molecule has 0 aromatic heterocycles. The Morgan fingerprint density at radius 3 is 3.08 bits per heavy atom. The van der Waals surface area contributed by atoms with Crippen molar-refractivity contribution in [2.24, 2.45) is 0 Å². The minimum absolute atomic E-state index is 0.125. The van der Waals surface area contributed by atoms with Gasteiger partial charge < -0.3 is 10.5 Å². The Balaban J connectivity index is 2.49. The van der Waals surface area contributed by atoms with Crippen molar-refractivity contribution < 1.29 is 9.53 Å². The quantitative estimate of drug-likeness (QED) is 0.613. The molecule has 1 aromatic rings. The van der Waals surface area contributed by atoms with Crippen LogP contribution in [0, 0.1) is 0 Å². The van der Waals surface area contributed by atoms with E-state index in [0.29, 0.717) is 30.0 Å². The van der Waals surface area contributed by atoms with Crippen LogP contribution < -0.4 is 10.5 Å². The van der Waals surface area contributed by atoms with E-state index < -0.39 is 0 Å². The number of Topliss-reactive ketones (excluding diaryl/α,β-unsaturated/α-hetero) is 1. The Morgan fingerprint density at radius 2 is 2.23 bits per heavy atom. The Labute approximate surface area is 76.5 Å². The van der Waals surface area contributed by atoms with Gasteiger partial charge in [0, 0.05) is 12.1 Å². The van der Waals surface area contributed by atoms with Crippen LogP contribution in [0.2, 0.25) is 0 Å². The number of benzene rings is 1. The SMILES string of the molecule is Nc1ccc2c(c1)C(=O)CCCO2. The van der Waals surface area contributed by atoms with Crippen LogP contribution in [0.4, 0.5) is 5.69 Å². The molecule has 0 radical (unpaired) electrons. The average Bonchev–Trinajstić information content (AvgIpc) is 2.29. The van der Waals surface area contributed by atoms with Crippen molar-refractivity contribution in [1.82, 2.24) is 0 Å². The first kappa shape index (κ1) is 8.10. The maximum absolute atomic E-state index is 11.5. The van der Waals surface area contributed by atoms with E-state index in [9.17, 15) is 4.79 Å². The summed E-state index contributed by atoms with van der Waals surface area (Å²) < 4.78 is 5.40. The summed E-state index contributed by atoms with van der Waals surface area (Å²) >= 11 is 0. The lowest BCUT2D eigenvalue weighted by Crippen LogP contribution is -1.98. The maximum Gasteiger partial charge on any atom is 0.166 e. The topological polar surface area (TPSA) is 52.3 Å². The van der Waals surface area contributed by atoms with Crippen LogP contribution >= 0.6 is 0 Å². The highest BCUT2D eigenvalue weighted by Crippen LogP contribution is 2.25. The Hall–Kier alpha value is -1.51. The van der Waals surface area contributed by atoms with Gasteiger partial charge in [-0.25, -0.2) is 0 Å². The highest BCUT2D eigenvalue weighted by molar-refractivity contribution is 5.99. The fourth-order valence-corrected chi connectivity index (χ4v) is 1.44. The Bertz CT molecular complexity index is 347. The molecule has 0 aliphatic carbocycles. The molecule has 0 saturated heterocycles. The molecule has 3 nitrogen and oxygen atoms in total. The lowest BCUT2D eigenvalue weighted by atomic mass is 10.1. The minimum atomic E-state index is 0.125. The third kappa shape index (κ3) is 1.49. The van der Waals surface area contributed by atoms with E-state index in [1.807, 2.05) is 0 Å². The van der Waals surface area contributed by atoms with Gasteiger partial charge in [-0.15, -0.1) is 0 Å². The molecule has 0 unspecified atom stereocenters. The van der Waals surface area contributed by atoms with Gasteiger partial charge in [-0.1, -0.05) is 0 Å². The minimum Gasteiger partial charge on any atom is -0.493 e. The molecule has 0 amide bonds. The summed E-state index contributed by atoms with van der Waals surface area (Å²) in [6.07, 6.45) is 1.34. The number of fused-ring (bicyclic) bond motifs is 1. The predicted molar refractivity (Wildman–Crippen MR) is 49.9 cm³/mol. The van der Waals surface area contributed by atoms with Crippen molar-refractivity contribution in [3.8, 4) is 5.75 Å². The second-order valence-electron chi connectivity index (χ2n) is 3.13. The van der Waals surface area contributed by atoms with Crippen molar-refractivity contribution in [2.45, 2.75) is 12.8 Å². The van der Waals surface area contributed by atoms with Crippen molar-refractivity contribution in [3.05, 3.63) is 23.8 Å². The van der Waals surface area contributed by atoms with Gasteiger partial charge in [0.15, 0.2) is 5.78 Å². The molecule has 0 fully saturated rings. The molecule has 3 heteroatoms. The van der Waals surface area contributed by atoms with Crippen LogP contribution in [0.3, 0.4) is 0 Å². The molecular formula is C10H11NO2. The third-order valence-corrected chi connectivity index (χ3v) is 2.11. The lowest BCUT2D eigenvalue weighted by molar-refractivity contribution is 0.0983. The van der Waals surface area contributed by atoms with E-state index in [-0.39, 0.29) is 5.78 Å². The number of hydrogen-bond acceptors (Lipinski definition) is 3. The zero-order chi connectivity index (χ0) is 9.26. The first-order valence-electron chi connectivity index (χ1n) is 4.33. The molecule has 1 aliphatic rings. The summed E-state index contributed by atoms with van der Waals surface area (Å²) in [5.41, 5.74) is 6.82. The number of hydrogen-bond donors (Lipinski definition) is 1. The average molecular weight is 177 g/mol. The number of ketones is 1. The van der Waals surface area contributed by atoms with Gasteiger partial charge in [-0.3, -0.25) is 4.79 Å². The van der Waals surface area contributed by atoms with Crippen LogP contribution in [-0.4, -0.2) is 12.4 Å². The van der Waals surface area contributed by atoms with Crippen LogP contribution in [0.15, 0.2) is 18.2 Å². The highest BCUT2D eigenvalue weighted by Gasteiger charge is 2.16. The van der Waals surface area contributed by atoms with Crippen molar-refractivity contribution >= 4 is 11.5 Å². The number of nitrogen functional groups attached to an aromatic ring is 1. The molecular weight excluding hydrogens is 166 g/mol. The molecule has 0 atom stereocenters. The van der Waals surface area contributed by atoms with Gasteiger partial charge in [-0.05, 0) is 24.6 Å². The zero-order valence-corrected chi connectivity index (χ0v) is 7.25. The molecule has 1 aromatic carbocycles. The van der Waals surface area contributed by atoms with Crippen molar-refractivity contribution in [2.75, 3.05) is 12.3 Å². The predicted octanol–water partition coefficient (Wildman–Crippen LogP) is 1.62. The van der Waals surface area contributed by atoms with Crippen molar-refractivity contribution in [3.63, 3.8) is 0 Å². The Kier molecular flexibility index (Phi) is 1.93. The van der Waals surface area contributed by atoms with E-state index >= 15 is 0 Å². The summed E-state index contributed by atoms with van der Waals surface area (Å²) in [5, 5.41) is 0. The summed E-state index contributed by atoms with van der Waals surface area (Å²) in [5.74, 6) is 0.788. The molecule has 0 spiro atoms. The smallest absolute Gasteiger partial charge is 0.166 e. The van der Waals surface area contributed by atoms with Gasteiger partial charge >= 0.3 is 0 Å². The molecule has 0 bridgehead atoms. The fraction of sp³-hybridized carbons (Fsp3) is 0.300. The molecule has 1 aliphatic heterocycles. The van der Waals surface area contributed by atoms with E-state index in [0.717, 1.165) is 6.42 Å². The number of rotatable bonds is 0. The number of carbonyl (C=O) groups is 1. The number of nitrogens with two attached hydrogens (primary N) is 1. The first-order valence-corrected chi connectivity index (χ1v) is 4.33. The van der Waals surface area contributed by atoms with Crippen LogP contribution in [0.25, 0.3) is 0 Å². The number of carbonyl (C=O) groups excluding carboxylic acids is 1. The van der Waals surface area contributed by atoms with Gasteiger partial charge in [0.2, 0.25) is 0 Å². The van der Waals surface area contributed by atoms with Gasteiger partial charge in [0.05, 0.1) is 12.2 Å². The molecule has 2 N–H and O–H groups in total. The fourth-order valence-electron chi connectivity index (χ4n) is 1.44.